The summed E-state index contributed by atoms with van der Waals surface area (Å²) in [5, 5.41) is 10.7. The molecule has 0 aliphatic heterocycles. The average molecular weight is 221 g/mol. The van der Waals surface area contributed by atoms with E-state index < -0.39 is 0 Å². The Morgan fingerprint density at radius 2 is 2.12 bits per heavy atom. The number of fused-ring (bicyclic) bond motifs is 1. The second-order valence-corrected chi connectivity index (χ2v) is 4.32. The van der Waals surface area contributed by atoms with E-state index in [1.54, 1.807) is 13.1 Å². The highest BCUT2D eigenvalue weighted by Gasteiger charge is 2.17. The van der Waals surface area contributed by atoms with Gasteiger partial charge in [-0.15, -0.1) is 0 Å². The first-order valence-electron chi connectivity index (χ1n) is 5.41. The highest BCUT2D eigenvalue weighted by Crippen LogP contribution is 2.33. The second-order valence-electron chi connectivity index (χ2n) is 4.32. The molecule has 0 saturated carbocycles. The van der Waals surface area contributed by atoms with Crippen LogP contribution in [0.5, 0.6) is 0 Å². The summed E-state index contributed by atoms with van der Waals surface area (Å²) in [5.74, 6) is 0.806. The minimum Gasteiger partial charge on any atom is -0.371 e. The molecule has 0 amide bonds. The van der Waals surface area contributed by atoms with Gasteiger partial charge >= 0.3 is 0 Å². The first kappa shape index (κ1) is 10.9. The lowest BCUT2D eigenvalue weighted by molar-refractivity contribution is 0.634. The first-order chi connectivity index (χ1) is 7.56. The monoisotopic (exact) mass is 221 g/mol. The zero-order valence-corrected chi connectivity index (χ0v) is 9.98. The Bertz CT molecular complexity index is 529. The molecule has 16 heavy (non-hydrogen) atoms. The largest absolute Gasteiger partial charge is 0.371 e. The number of aromatic amines is 1. The van der Waals surface area contributed by atoms with Crippen LogP contribution in [0.25, 0.3) is 10.9 Å². The van der Waals surface area contributed by atoms with Gasteiger partial charge in [-0.1, -0.05) is 13.8 Å². The van der Waals surface area contributed by atoms with Crippen LogP contribution in [0.3, 0.4) is 0 Å². The number of hydrogen-bond donors (Lipinski definition) is 2. The molecule has 3 nitrogen and oxygen atoms in total. The highest BCUT2D eigenvalue weighted by atomic mass is 19.1. The van der Waals surface area contributed by atoms with Gasteiger partial charge in [0.25, 0.3) is 0 Å². The third-order valence-electron chi connectivity index (χ3n) is 2.86. The molecule has 0 aliphatic rings. The molecule has 2 N–H and O–H groups in total. The van der Waals surface area contributed by atoms with Gasteiger partial charge in [-0.05, 0) is 30.0 Å². The van der Waals surface area contributed by atoms with E-state index in [0.717, 1.165) is 16.5 Å². The van der Waals surface area contributed by atoms with E-state index in [2.05, 4.69) is 29.4 Å². The fourth-order valence-electron chi connectivity index (χ4n) is 2.24. The second kappa shape index (κ2) is 3.77. The predicted molar refractivity (Wildman–Crippen MR) is 64.4 cm³/mol. The lowest BCUT2D eigenvalue weighted by Crippen LogP contribution is -1.97. The van der Waals surface area contributed by atoms with E-state index in [4.69, 9.17) is 0 Å². The maximum absolute atomic E-state index is 13.7. The maximum atomic E-state index is 13.7. The molecular formula is C12H16FN3. The van der Waals surface area contributed by atoms with Crippen LogP contribution in [0.4, 0.5) is 10.2 Å². The number of rotatable bonds is 2. The van der Waals surface area contributed by atoms with Crippen LogP contribution in [0.2, 0.25) is 0 Å². The van der Waals surface area contributed by atoms with Crippen molar-refractivity contribution in [3.05, 3.63) is 23.0 Å². The first-order valence-corrected chi connectivity index (χ1v) is 5.41. The molecule has 0 spiro atoms. The van der Waals surface area contributed by atoms with Gasteiger partial charge in [0.15, 0.2) is 5.82 Å². The SMILES string of the molecule is CNc1n[nH]c2c(F)cc(C)c(C(C)C)c12. The van der Waals surface area contributed by atoms with E-state index in [0.29, 0.717) is 17.3 Å². The van der Waals surface area contributed by atoms with Crippen molar-refractivity contribution >= 4 is 16.7 Å². The Morgan fingerprint density at radius 1 is 1.44 bits per heavy atom. The number of nitrogens with one attached hydrogen (secondary N) is 2. The minimum atomic E-state index is -0.245. The topological polar surface area (TPSA) is 40.7 Å². The number of anilines is 1. The van der Waals surface area contributed by atoms with Crippen LogP contribution in [0, 0.1) is 12.7 Å². The molecule has 0 saturated heterocycles. The summed E-state index contributed by atoms with van der Waals surface area (Å²) in [4.78, 5) is 0. The number of benzene rings is 1. The Morgan fingerprint density at radius 3 is 2.69 bits per heavy atom. The zero-order valence-electron chi connectivity index (χ0n) is 9.98. The number of hydrogen-bond acceptors (Lipinski definition) is 2. The molecule has 1 aromatic carbocycles. The van der Waals surface area contributed by atoms with E-state index in [-0.39, 0.29) is 5.82 Å². The molecule has 86 valence electrons. The van der Waals surface area contributed by atoms with Gasteiger partial charge < -0.3 is 5.32 Å². The lowest BCUT2D eigenvalue weighted by Gasteiger charge is -2.12. The van der Waals surface area contributed by atoms with Crippen molar-refractivity contribution in [3.8, 4) is 0 Å². The summed E-state index contributed by atoms with van der Waals surface area (Å²) in [7, 11) is 1.79. The minimum absolute atomic E-state index is 0.245. The Balaban J connectivity index is 2.90. The highest BCUT2D eigenvalue weighted by molar-refractivity contribution is 5.94. The van der Waals surface area contributed by atoms with Crippen molar-refractivity contribution in [1.29, 1.82) is 0 Å². The number of halogens is 1. The molecule has 0 fully saturated rings. The van der Waals surface area contributed by atoms with Gasteiger partial charge in [-0.3, -0.25) is 5.10 Å². The lowest BCUT2D eigenvalue weighted by atomic mass is 9.94. The summed E-state index contributed by atoms with van der Waals surface area (Å²) in [6, 6.07) is 1.56. The quantitative estimate of drug-likeness (QED) is 0.817. The van der Waals surface area contributed by atoms with Gasteiger partial charge in [-0.25, -0.2) is 4.39 Å². The molecule has 0 aliphatic carbocycles. The maximum Gasteiger partial charge on any atom is 0.155 e. The molecule has 4 heteroatoms. The number of nitrogens with zero attached hydrogens (tertiary/aromatic N) is 1. The summed E-state index contributed by atoms with van der Waals surface area (Å²) in [5.41, 5.74) is 2.60. The number of aryl methyl sites for hydroxylation is 1. The van der Waals surface area contributed by atoms with E-state index in [9.17, 15) is 4.39 Å². The Hall–Kier alpha value is -1.58. The fraction of sp³-hybridized carbons (Fsp3) is 0.417. The number of aromatic nitrogens is 2. The summed E-state index contributed by atoms with van der Waals surface area (Å²) in [6.07, 6.45) is 0. The fourth-order valence-corrected chi connectivity index (χ4v) is 2.24. The zero-order chi connectivity index (χ0) is 11.9. The molecular weight excluding hydrogens is 205 g/mol. The van der Waals surface area contributed by atoms with Gasteiger partial charge in [0, 0.05) is 7.05 Å². The summed E-state index contributed by atoms with van der Waals surface area (Å²) in [6.45, 7) is 6.14. The van der Waals surface area contributed by atoms with E-state index in [1.165, 1.54) is 0 Å². The molecule has 2 rings (SSSR count). The van der Waals surface area contributed by atoms with Crippen molar-refractivity contribution in [1.82, 2.24) is 10.2 Å². The van der Waals surface area contributed by atoms with Gasteiger partial charge in [0.05, 0.1) is 5.39 Å². The number of H-pyrrole nitrogens is 1. The molecule has 1 aromatic heterocycles. The average Bonchev–Trinajstić information content (AvgIpc) is 2.60. The third-order valence-corrected chi connectivity index (χ3v) is 2.86. The standard InChI is InChI=1S/C12H16FN3/c1-6(2)9-7(3)5-8(13)11-10(9)12(14-4)16-15-11/h5-6H,1-4H3,(H2,14,15,16). The third kappa shape index (κ3) is 1.45. The van der Waals surface area contributed by atoms with Crippen LogP contribution < -0.4 is 5.32 Å². The summed E-state index contributed by atoms with van der Waals surface area (Å²) >= 11 is 0. The van der Waals surface area contributed by atoms with E-state index in [1.807, 2.05) is 6.92 Å². The Labute approximate surface area is 94.1 Å². The normalized spacial score (nSPS) is 11.4. The van der Waals surface area contributed by atoms with Crippen LogP contribution in [0.15, 0.2) is 6.07 Å². The van der Waals surface area contributed by atoms with Crippen molar-refractivity contribution in [2.75, 3.05) is 12.4 Å². The van der Waals surface area contributed by atoms with Gasteiger partial charge in [-0.2, -0.15) is 5.10 Å². The van der Waals surface area contributed by atoms with Crippen molar-refractivity contribution in [3.63, 3.8) is 0 Å². The van der Waals surface area contributed by atoms with Gasteiger partial charge in [0.1, 0.15) is 11.3 Å². The van der Waals surface area contributed by atoms with Crippen LogP contribution in [-0.4, -0.2) is 17.2 Å². The molecule has 1 heterocycles. The Kier molecular flexibility index (Phi) is 2.58. The van der Waals surface area contributed by atoms with E-state index >= 15 is 0 Å². The van der Waals surface area contributed by atoms with Crippen LogP contribution in [0.1, 0.15) is 30.9 Å². The van der Waals surface area contributed by atoms with Crippen molar-refractivity contribution in [2.24, 2.45) is 0 Å². The van der Waals surface area contributed by atoms with Crippen LogP contribution in [-0.2, 0) is 0 Å². The smallest absolute Gasteiger partial charge is 0.155 e. The van der Waals surface area contributed by atoms with Crippen molar-refractivity contribution in [2.45, 2.75) is 26.7 Å². The molecule has 0 unspecified atom stereocenters. The summed E-state index contributed by atoms with van der Waals surface area (Å²) < 4.78 is 13.7. The molecule has 2 aromatic rings. The van der Waals surface area contributed by atoms with Crippen molar-refractivity contribution < 1.29 is 4.39 Å². The molecule has 0 radical (unpaired) electrons. The predicted octanol–water partition coefficient (Wildman–Crippen LogP) is 3.18. The molecule has 0 atom stereocenters. The van der Waals surface area contributed by atoms with Gasteiger partial charge in [0.2, 0.25) is 0 Å². The molecule has 0 bridgehead atoms. The van der Waals surface area contributed by atoms with Crippen LogP contribution >= 0.6 is 0 Å².